The highest BCUT2D eigenvalue weighted by molar-refractivity contribution is 5.77. The summed E-state index contributed by atoms with van der Waals surface area (Å²) >= 11 is 0. The van der Waals surface area contributed by atoms with E-state index >= 15 is 0 Å². The van der Waals surface area contributed by atoms with E-state index in [2.05, 4.69) is 10.6 Å². The predicted molar refractivity (Wildman–Crippen MR) is 67.9 cm³/mol. The van der Waals surface area contributed by atoms with Gasteiger partial charge in [-0.2, -0.15) is 0 Å². The number of carbonyl (C=O) groups excluding carboxylic acids is 1. The Labute approximate surface area is 111 Å². The highest BCUT2D eigenvalue weighted by Gasteiger charge is 2.14. The Balaban J connectivity index is 2.71. The van der Waals surface area contributed by atoms with Crippen molar-refractivity contribution in [1.82, 2.24) is 10.6 Å². The Hall–Kier alpha value is -1.69. The fourth-order valence-electron chi connectivity index (χ4n) is 1.56. The Morgan fingerprint density at radius 2 is 1.89 bits per heavy atom. The molecule has 0 aromatic heterocycles. The zero-order valence-corrected chi connectivity index (χ0v) is 11.2. The molecule has 0 saturated heterocycles. The van der Waals surface area contributed by atoms with Crippen molar-refractivity contribution in [3.05, 3.63) is 29.3 Å². The first kappa shape index (κ1) is 15.4. The summed E-state index contributed by atoms with van der Waals surface area (Å²) in [6.45, 7) is 3.50. The first-order valence-corrected chi connectivity index (χ1v) is 5.98. The van der Waals surface area contributed by atoms with Crippen LogP contribution in [0, 0.1) is 11.6 Å². The lowest BCUT2D eigenvalue weighted by atomic mass is 10.2. The lowest BCUT2D eigenvalue weighted by Crippen LogP contribution is -2.34. The van der Waals surface area contributed by atoms with E-state index in [1.165, 1.54) is 12.1 Å². The van der Waals surface area contributed by atoms with Gasteiger partial charge in [-0.05, 0) is 38.6 Å². The van der Waals surface area contributed by atoms with E-state index in [0.717, 1.165) is 0 Å². The second kappa shape index (κ2) is 7.04. The van der Waals surface area contributed by atoms with Crippen molar-refractivity contribution in [3.8, 4) is 5.75 Å². The average Bonchev–Trinajstić information content (AvgIpc) is 2.27. The number of halogens is 2. The lowest BCUT2D eigenvalue weighted by Gasteiger charge is -2.11. The van der Waals surface area contributed by atoms with Gasteiger partial charge in [-0.1, -0.05) is 0 Å². The number of hydrogen-bond donors (Lipinski definition) is 2. The van der Waals surface area contributed by atoms with E-state index in [0.29, 0.717) is 12.1 Å². The SMILES string of the molecule is CNCc1cc(F)c(OCC(=O)NC(C)C)c(F)c1. The third kappa shape index (κ3) is 4.82. The summed E-state index contributed by atoms with van der Waals surface area (Å²) in [5.74, 6) is -2.59. The highest BCUT2D eigenvalue weighted by Crippen LogP contribution is 2.23. The summed E-state index contributed by atoms with van der Waals surface area (Å²) in [6, 6.07) is 2.30. The second-order valence-corrected chi connectivity index (χ2v) is 4.43. The van der Waals surface area contributed by atoms with Gasteiger partial charge in [-0.15, -0.1) is 0 Å². The number of amides is 1. The normalized spacial score (nSPS) is 10.6. The van der Waals surface area contributed by atoms with E-state index in [9.17, 15) is 13.6 Å². The summed E-state index contributed by atoms with van der Waals surface area (Å²) in [6.07, 6.45) is 0. The molecule has 0 atom stereocenters. The van der Waals surface area contributed by atoms with Gasteiger partial charge in [0.05, 0.1) is 0 Å². The van der Waals surface area contributed by atoms with Crippen LogP contribution in [0.1, 0.15) is 19.4 Å². The van der Waals surface area contributed by atoms with Gasteiger partial charge in [0.15, 0.2) is 24.0 Å². The van der Waals surface area contributed by atoms with E-state index in [1.807, 2.05) is 0 Å². The predicted octanol–water partition coefficient (Wildman–Crippen LogP) is 1.59. The van der Waals surface area contributed by atoms with Gasteiger partial charge in [0.1, 0.15) is 0 Å². The molecule has 106 valence electrons. The molecule has 0 heterocycles. The van der Waals surface area contributed by atoms with Crippen LogP contribution < -0.4 is 15.4 Å². The summed E-state index contributed by atoms with van der Waals surface area (Å²) in [5, 5.41) is 5.36. The Kier molecular flexibility index (Phi) is 5.69. The number of nitrogens with one attached hydrogen (secondary N) is 2. The molecule has 4 nitrogen and oxygen atoms in total. The van der Waals surface area contributed by atoms with Gasteiger partial charge in [-0.25, -0.2) is 8.78 Å². The average molecular weight is 272 g/mol. The van der Waals surface area contributed by atoms with Gasteiger partial charge < -0.3 is 15.4 Å². The molecular formula is C13H18F2N2O2. The van der Waals surface area contributed by atoms with Crippen LogP contribution in [0.4, 0.5) is 8.78 Å². The minimum Gasteiger partial charge on any atom is -0.478 e. The first-order chi connectivity index (χ1) is 8.93. The van der Waals surface area contributed by atoms with E-state index in [-0.39, 0.29) is 6.04 Å². The zero-order chi connectivity index (χ0) is 14.4. The topological polar surface area (TPSA) is 50.4 Å². The molecular weight excluding hydrogens is 254 g/mol. The molecule has 0 fully saturated rings. The molecule has 0 radical (unpaired) electrons. The van der Waals surface area contributed by atoms with Crippen LogP contribution >= 0.6 is 0 Å². The summed E-state index contributed by atoms with van der Waals surface area (Å²) in [7, 11) is 1.68. The molecule has 0 unspecified atom stereocenters. The number of carbonyl (C=O) groups is 1. The third-order valence-electron chi connectivity index (χ3n) is 2.24. The van der Waals surface area contributed by atoms with Gasteiger partial charge in [-0.3, -0.25) is 4.79 Å². The van der Waals surface area contributed by atoms with Gasteiger partial charge in [0.2, 0.25) is 0 Å². The molecule has 6 heteroatoms. The largest absolute Gasteiger partial charge is 0.478 e. The lowest BCUT2D eigenvalue weighted by molar-refractivity contribution is -0.123. The van der Waals surface area contributed by atoms with Crippen molar-refractivity contribution in [1.29, 1.82) is 0 Å². The molecule has 19 heavy (non-hydrogen) atoms. The van der Waals surface area contributed by atoms with Crippen LogP contribution in [0.3, 0.4) is 0 Å². The number of benzene rings is 1. The maximum atomic E-state index is 13.6. The molecule has 2 N–H and O–H groups in total. The van der Waals surface area contributed by atoms with Crippen LogP contribution in [0.5, 0.6) is 5.75 Å². The number of ether oxygens (including phenoxy) is 1. The van der Waals surface area contributed by atoms with Crippen molar-refractivity contribution in [2.24, 2.45) is 0 Å². The van der Waals surface area contributed by atoms with Crippen molar-refractivity contribution < 1.29 is 18.3 Å². The molecule has 0 aliphatic carbocycles. The third-order valence-corrected chi connectivity index (χ3v) is 2.24. The smallest absolute Gasteiger partial charge is 0.258 e. The first-order valence-electron chi connectivity index (χ1n) is 5.98. The van der Waals surface area contributed by atoms with Crippen molar-refractivity contribution in [2.45, 2.75) is 26.4 Å². The number of rotatable bonds is 6. The Morgan fingerprint density at radius 1 is 1.32 bits per heavy atom. The van der Waals surface area contributed by atoms with E-state index in [1.54, 1.807) is 20.9 Å². The monoisotopic (exact) mass is 272 g/mol. The quantitative estimate of drug-likeness (QED) is 0.827. The molecule has 1 rings (SSSR count). The Morgan fingerprint density at radius 3 is 2.37 bits per heavy atom. The zero-order valence-electron chi connectivity index (χ0n) is 11.2. The molecule has 0 spiro atoms. The van der Waals surface area contributed by atoms with Crippen LogP contribution in [0.2, 0.25) is 0 Å². The van der Waals surface area contributed by atoms with Crippen LogP contribution in [-0.4, -0.2) is 25.6 Å². The van der Waals surface area contributed by atoms with E-state index in [4.69, 9.17) is 4.74 Å². The van der Waals surface area contributed by atoms with Crippen molar-refractivity contribution in [2.75, 3.05) is 13.7 Å². The molecule has 0 saturated carbocycles. The van der Waals surface area contributed by atoms with Crippen LogP contribution in [0.15, 0.2) is 12.1 Å². The number of hydrogen-bond acceptors (Lipinski definition) is 3. The van der Waals surface area contributed by atoms with Crippen molar-refractivity contribution in [3.63, 3.8) is 0 Å². The van der Waals surface area contributed by atoms with E-state index < -0.39 is 29.9 Å². The summed E-state index contributed by atoms with van der Waals surface area (Å²) < 4.78 is 32.1. The summed E-state index contributed by atoms with van der Waals surface area (Å²) in [5.41, 5.74) is 0.469. The fraction of sp³-hybridized carbons (Fsp3) is 0.462. The van der Waals surface area contributed by atoms with Crippen LogP contribution in [-0.2, 0) is 11.3 Å². The molecule has 0 bridgehead atoms. The molecule has 0 aliphatic heterocycles. The molecule has 1 amide bonds. The molecule has 1 aromatic carbocycles. The summed E-state index contributed by atoms with van der Waals surface area (Å²) in [4.78, 5) is 11.3. The second-order valence-electron chi connectivity index (χ2n) is 4.43. The standard InChI is InChI=1S/C13H18F2N2O2/c1-8(2)17-12(18)7-19-13-10(14)4-9(6-16-3)5-11(13)15/h4-5,8,16H,6-7H2,1-3H3,(H,17,18). The minimum atomic E-state index is -0.817. The van der Waals surface area contributed by atoms with Gasteiger partial charge >= 0.3 is 0 Å². The molecule has 1 aromatic rings. The van der Waals surface area contributed by atoms with Crippen LogP contribution in [0.25, 0.3) is 0 Å². The van der Waals surface area contributed by atoms with Crippen molar-refractivity contribution >= 4 is 5.91 Å². The highest BCUT2D eigenvalue weighted by atomic mass is 19.1. The maximum Gasteiger partial charge on any atom is 0.258 e. The molecule has 0 aliphatic rings. The maximum absolute atomic E-state index is 13.6. The minimum absolute atomic E-state index is 0.0520. The van der Waals surface area contributed by atoms with Gasteiger partial charge in [0.25, 0.3) is 5.91 Å². The fourth-order valence-corrected chi connectivity index (χ4v) is 1.56. The van der Waals surface area contributed by atoms with Gasteiger partial charge in [0, 0.05) is 12.6 Å². The Bertz CT molecular complexity index is 427.